The molecule has 0 spiro atoms. The van der Waals surface area contributed by atoms with Crippen LogP contribution in [0.4, 0.5) is 0 Å². The smallest absolute Gasteiger partial charge is 0.0838 e. The van der Waals surface area contributed by atoms with Crippen molar-refractivity contribution in [1.82, 2.24) is 10.2 Å². The first-order chi connectivity index (χ1) is 6.38. The molecule has 0 saturated carbocycles. The summed E-state index contributed by atoms with van der Waals surface area (Å²) >= 11 is 0. The number of likely N-dealkylation sites (tertiary alicyclic amines) is 1. The first-order valence-corrected chi connectivity index (χ1v) is 4.90. The predicted molar refractivity (Wildman–Crippen MR) is 53.4 cm³/mol. The first kappa shape index (κ1) is 10.5. The van der Waals surface area contributed by atoms with Gasteiger partial charge in [0.2, 0.25) is 0 Å². The average molecular weight is 182 g/mol. The molecule has 1 atom stereocenters. The summed E-state index contributed by atoms with van der Waals surface area (Å²) in [5, 5.41) is 11.7. The Hall–Kier alpha value is -0.560. The lowest BCUT2D eigenvalue weighted by molar-refractivity contribution is 0.262. The molecule has 1 aliphatic heterocycles. The van der Waals surface area contributed by atoms with Crippen molar-refractivity contribution in [3.05, 3.63) is 0 Å². The zero-order chi connectivity index (χ0) is 9.52. The Balaban J connectivity index is 2.22. The van der Waals surface area contributed by atoms with Gasteiger partial charge in [-0.15, -0.1) is 6.42 Å². The van der Waals surface area contributed by atoms with Gasteiger partial charge in [0.1, 0.15) is 0 Å². The van der Waals surface area contributed by atoms with Crippen molar-refractivity contribution in [1.29, 1.82) is 0 Å². The molecule has 1 fully saturated rings. The van der Waals surface area contributed by atoms with Gasteiger partial charge < -0.3 is 10.4 Å². The largest absolute Gasteiger partial charge is 0.395 e. The van der Waals surface area contributed by atoms with Crippen LogP contribution in [0, 0.1) is 12.3 Å². The fraction of sp³-hybridized carbons (Fsp3) is 0.800. The highest BCUT2D eigenvalue weighted by Crippen LogP contribution is 2.10. The van der Waals surface area contributed by atoms with Crippen LogP contribution in [0.15, 0.2) is 0 Å². The Morgan fingerprint density at radius 2 is 2.15 bits per heavy atom. The fourth-order valence-electron chi connectivity index (χ4n) is 1.66. The number of nitrogens with one attached hydrogen (secondary N) is 1. The van der Waals surface area contributed by atoms with Gasteiger partial charge in [-0.1, -0.05) is 5.92 Å². The van der Waals surface area contributed by atoms with E-state index in [9.17, 15) is 0 Å². The number of hydrogen-bond donors (Lipinski definition) is 2. The van der Waals surface area contributed by atoms with Gasteiger partial charge in [-0.25, -0.2) is 0 Å². The molecule has 0 aliphatic carbocycles. The van der Waals surface area contributed by atoms with Gasteiger partial charge in [-0.05, 0) is 25.9 Å². The van der Waals surface area contributed by atoms with E-state index >= 15 is 0 Å². The molecule has 2 N–H and O–H groups in total. The van der Waals surface area contributed by atoms with Crippen molar-refractivity contribution in [3.8, 4) is 12.3 Å². The summed E-state index contributed by atoms with van der Waals surface area (Å²) in [6, 6.07) is 0.203. The summed E-state index contributed by atoms with van der Waals surface area (Å²) in [5.74, 6) is 2.78. The highest BCUT2D eigenvalue weighted by Gasteiger charge is 2.18. The molecule has 1 aliphatic rings. The molecule has 0 aromatic heterocycles. The molecule has 1 saturated heterocycles. The zero-order valence-corrected chi connectivity index (χ0v) is 8.00. The van der Waals surface area contributed by atoms with E-state index in [2.05, 4.69) is 16.1 Å². The van der Waals surface area contributed by atoms with Crippen molar-refractivity contribution in [2.24, 2.45) is 0 Å². The summed E-state index contributed by atoms with van der Waals surface area (Å²) in [6.45, 7) is 3.84. The molecular weight excluding hydrogens is 164 g/mol. The van der Waals surface area contributed by atoms with Gasteiger partial charge in [0.05, 0.1) is 12.6 Å². The van der Waals surface area contributed by atoms with Gasteiger partial charge in [0.15, 0.2) is 0 Å². The van der Waals surface area contributed by atoms with Crippen LogP contribution in [0.3, 0.4) is 0 Å². The molecule has 13 heavy (non-hydrogen) atoms. The number of rotatable bonds is 5. The van der Waals surface area contributed by atoms with Crippen LogP contribution < -0.4 is 5.32 Å². The third kappa shape index (κ3) is 3.35. The molecule has 0 aromatic carbocycles. The SMILES string of the molecule is C#CC(CNCCO)N1CCCC1. The van der Waals surface area contributed by atoms with E-state index in [1.807, 2.05) is 0 Å². The maximum absolute atomic E-state index is 8.59. The van der Waals surface area contributed by atoms with Crippen molar-refractivity contribution in [2.75, 3.05) is 32.8 Å². The lowest BCUT2D eigenvalue weighted by atomic mass is 10.2. The van der Waals surface area contributed by atoms with Crippen LogP contribution in [-0.4, -0.2) is 48.8 Å². The number of hydrogen-bond acceptors (Lipinski definition) is 3. The summed E-state index contributed by atoms with van der Waals surface area (Å²) in [4.78, 5) is 2.32. The summed E-state index contributed by atoms with van der Waals surface area (Å²) in [5.41, 5.74) is 0. The quantitative estimate of drug-likeness (QED) is 0.451. The van der Waals surface area contributed by atoms with Crippen molar-refractivity contribution in [3.63, 3.8) is 0 Å². The maximum Gasteiger partial charge on any atom is 0.0838 e. The topological polar surface area (TPSA) is 35.5 Å². The second-order valence-corrected chi connectivity index (χ2v) is 3.35. The van der Waals surface area contributed by atoms with Crippen LogP contribution >= 0.6 is 0 Å². The van der Waals surface area contributed by atoms with E-state index in [1.165, 1.54) is 12.8 Å². The Labute approximate surface area is 80.1 Å². The van der Waals surface area contributed by atoms with Gasteiger partial charge in [0, 0.05) is 13.1 Å². The minimum absolute atomic E-state index is 0.178. The first-order valence-electron chi connectivity index (χ1n) is 4.90. The molecule has 1 rings (SSSR count). The second-order valence-electron chi connectivity index (χ2n) is 3.35. The van der Waals surface area contributed by atoms with Crippen LogP contribution in [0.25, 0.3) is 0 Å². The highest BCUT2D eigenvalue weighted by molar-refractivity contribution is 5.02. The van der Waals surface area contributed by atoms with Gasteiger partial charge in [0.25, 0.3) is 0 Å². The number of aliphatic hydroxyl groups excluding tert-OH is 1. The minimum Gasteiger partial charge on any atom is -0.395 e. The Morgan fingerprint density at radius 1 is 1.46 bits per heavy atom. The normalized spacial score (nSPS) is 20.0. The number of aliphatic hydroxyl groups is 1. The molecule has 3 nitrogen and oxygen atoms in total. The van der Waals surface area contributed by atoms with Gasteiger partial charge >= 0.3 is 0 Å². The standard InChI is InChI=1S/C10H18N2O/c1-2-10(9-11-5-8-13)12-6-3-4-7-12/h1,10-11,13H,3-9H2. The fourth-order valence-corrected chi connectivity index (χ4v) is 1.66. The van der Waals surface area contributed by atoms with Gasteiger partial charge in [-0.2, -0.15) is 0 Å². The predicted octanol–water partition coefficient (Wildman–Crippen LogP) is -0.334. The number of nitrogens with zero attached hydrogens (tertiary/aromatic N) is 1. The highest BCUT2D eigenvalue weighted by atomic mass is 16.3. The minimum atomic E-state index is 0.178. The van der Waals surface area contributed by atoms with Crippen molar-refractivity contribution in [2.45, 2.75) is 18.9 Å². The monoisotopic (exact) mass is 182 g/mol. The maximum atomic E-state index is 8.59. The lowest BCUT2D eigenvalue weighted by Crippen LogP contribution is -2.40. The molecule has 74 valence electrons. The molecule has 0 amide bonds. The van der Waals surface area contributed by atoms with E-state index in [4.69, 9.17) is 11.5 Å². The average Bonchev–Trinajstić information content (AvgIpc) is 2.65. The molecule has 0 bridgehead atoms. The van der Waals surface area contributed by atoms with Crippen molar-refractivity contribution >= 4 is 0 Å². The Kier molecular flexibility index (Phi) is 4.84. The molecule has 3 heteroatoms. The Morgan fingerprint density at radius 3 is 2.69 bits per heavy atom. The van der Waals surface area contributed by atoms with E-state index in [1.54, 1.807) is 0 Å². The molecule has 1 heterocycles. The summed E-state index contributed by atoms with van der Waals surface area (Å²) < 4.78 is 0. The number of terminal acetylenes is 1. The second kappa shape index (κ2) is 5.98. The lowest BCUT2D eigenvalue weighted by Gasteiger charge is -2.22. The van der Waals surface area contributed by atoms with E-state index < -0.39 is 0 Å². The van der Waals surface area contributed by atoms with E-state index in [0.717, 1.165) is 19.6 Å². The van der Waals surface area contributed by atoms with Crippen LogP contribution in [0.1, 0.15) is 12.8 Å². The molecule has 0 radical (unpaired) electrons. The Bertz CT molecular complexity index is 170. The third-order valence-corrected chi connectivity index (χ3v) is 2.40. The third-order valence-electron chi connectivity index (χ3n) is 2.40. The van der Waals surface area contributed by atoms with Gasteiger partial charge in [-0.3, -0.25) is 4.90 Å². The molecule has 1 unspecified atom stereocenters. The van der Waals surface area contributed by atoms with Crippen molar-refractivity contribution < 1.29 is 5.11 Å². The molecule has 0 aromatic rings. The van der Waals surface area contributed by atoms with Crippen LogP contribution in [0.5, 0.6) is 0 Å². The van der Waals surface area contributed by atoms with Crippen LogP contribution in [0.2, 0.25) is 0 Å². The molecular formula is C10H18N2O. The van der Waals surface area contributed by atoms with E-state index in [0.29, 0.717) is 6.54 Å². The zero-order valence-electron chi connectivity index (χ0n) is 8.00. The van der Waals surface area contributed by atoms with Crippen LogP contribution in [-0.2, 0) is 0 Å². The summed E-state index contributed by atoms with van der Waals surface area (Å²) in [7, 11) is 0. The summed E-state index contributed by atoms with van der Waals surface area (Å²) in [6.07, 6.45) is 7.96. The van der Waals surface area contributed by atoms with E-state index in [-0.39, 0.29) is 12.6 Å².